The molecule has 2 N–H and O–H groups in total. The molecule has 0 bridgehead atoms. The fourth-order valence-corrected chi connectivity index (χ4v) is 3.14. The fraction of sp³-hybridized carbons (Fsp3) is 0.333. The Morgan fingerprint density at radius 2 is 2.04 bits per heavy atom. The van der Waals surface area contributed by atoms with Gasteiger partial charge in [-0.3, -0.25) is 4.79 Å². The van der Waals surface area contributed by atoms with Gasteiger partial charge in [-0.25, -0.2) is 0 Å². The SMILES string of the molecule is N#C/C(=C\c1ccc2ccccc2c1N1CCC1)C(=O)CCC(O)CO. The number of fused-ring (bicyclic) bond motifs is 1. The molecule has 0 aromatic heterocycles. The number of anilines is 1. The van der Waals surface area contributed by atoms with Gasteiger partial charge in [-0.1, -0.05) is 36.4 Å². The maximum absolute atomic E-state index is 12.3. The minimum atomic E-state index is -0.934. The number of carbonyl (C=O) groups excluding carboxylic acids is 1. The van der Waals surface area contributed by atoms with Crippen molar-refractivity contribution in [3.8, 4) is 6.07 Å². The molecule has 5 heteroatoms. The van der Waals surface area contributed by atoms with Crippen LogP contribution in [0.4, 0.5) is 5.69 Å². The number of nitriles is 1. The summed E-state index contributed by atoms with van der Waals surface area (Å²) in [7, 11) is 0. The van der Waals surface area contributed by atoms with E-state index in [9.17, 15) is 15.2 Å². The number of ketones is 1. The summed E-state index contributed by atoms with van der Waals surface area (Å²) in [6, 6.07) is 14.0. The zero-order valence-electron chi connectivity index (χ0n) is 14.6. The molecule has 134 valence electrons. The van der Waals surface area contributed by atoms with E-state index in [1.165, 1.54) is 0 Å². The van der Waals surface area contributed by atoms with Crippen LogP contribution in [-0.4, -0.2) is 41.8 Å². The van der Waals surface area contributed by atoms with Crippen molar-refractivity contribution in [3.05, 3.63) is 47.5 Å². The third kappa shape index (κ3) is 3.77. The zero-order valence-corrected chi connectivity index (χ0v) is 14.6. The van der Waals surface area contributed by atoms with Crippen LogP contribution >= 0.6 is 0 Å². The smallest absolute Gasteiger partial charge is 0.173 e. The van der Waals surface area contributed by atoms with E-state index >= 15 is 0 Å². The lowest BCUT2D eigenvalue weighted by Crippen LogP contribution is -2.37. The summed E-state index contributed by atoms with van der Waals surface area (Å²) in [5.41, 5.74) is 1.99. The molecule has 2 aromatic carbocycles. The molecule has 1 fully saturated rings. The Labute approximate surface area is 152 Å². The predicted octanol–water partition coefficient (Wildman–Crippen LogP) is 2.66. The first kappa shape index (κ1) is 18.1. The number of rotatable bonds is 7. The molecule has 0 amide bonds. The maximum atomic E-state index is 12.3. The Hall–Kier alpha value is -2.68. The van der Waals surface area contributed by atoms with E-state index in [0.717, 1.165) is 41.5 Å². The number of aliphatic hydroxyl groups excluding tert-OH is 2. The van der Waals surface area contributed by atoms with Crippen molar-refractivity contribution in [2.45, 2.75) is 25.4 Å². The number of hydrogen-bond donors (Lipinski definition) is 2. The molecule has 0 spiro atoms. The second kappa shape index (κ2) is 8.13. The van der Waals surface area contributed by atoms with Gasteiger partial charge in [0.2, 0.25) is 0 Å². The molecule has 2 aromatic rings. The van der Waals surface area contributed by atoms with E-state index in [2.05, 4.69) is 17.0 Å². The Bertz CT molecular complexity index is 878. The molecule has 1 aliphatic rings. The van der Waals surface area contributed by atoms with Gasteiger partial charge in [-0.05, 0) is 29.9 Å². The molecule has 0 aliphatic carbocycles. The average molecular weight is 350 g/mol. The minimum Gasteiger partial charge on any atom is -0.394 e. The van der Waals surface area contributed by atoms with Gasteiger partial charge in [-0.2, -0.15) is 5.26 Å². The molecule has 26 heavy (non-hydrogen) atoms. The van der Waals surface area contributed by atoms with Gasteiger partial charge in [-0.15, -0.1) is 0 Å². The average Bonchev–Trinajstić information content (AvgIpc) is 2.63. The highest BCUT2D eigenvalue weighted by Crippen LogP contribution is 2.35. The van der Waals surface area contributed by atoms with E-state index < -0.39 is 6.10 Å². The second-order valence-corrected chi connectivity index (χ2v) is 6.53. The normalized spacial score (nSPS) is 15.4. The Morgan fingerprint density at radius 1 is 1.27 bits per heavy atom. The molecule has 1 aliphatic heterocycles. The van der Waals surface area contributed by atoms with Crippen molar-refractivity contribution in [1.29, 1.82) is 5.26 Å². The molecule has 1 atom stereocenters. The zero-order chi connectivity index (χ0) is 18.5. The number of Topliss-reactive ketones (excluding diaryl/α,β-unsaturated/α-hetero) is 1. The van der Waals surface area contributed by atoms with Gasteiger partial charge in [0.15, 0.2) is 5.78 Å². The molecule has 1 saturated heterocycles. The summed E-state index contributed by atoms with van der Waals surface area (Å²) in [6.45, 7) is 1.55. The van der Waals surface area contributed by atoms with Crippen LogP contribution in [0.2, 0.25) is 0 Å². The highest BCUT2D eigenvalue weighted by molar-refractivity contribution is 6.06. The lowest BCUT2D eigenvalue weighted by Gasteiger charge is -2.35. The minimum absolute atomic E-state index is 0.0355. The Morgan fingerprint density at radius 3 is 2.69 bits per heavy atom. The van der Waals surface area contributed by atoms with Crippen LogP contribution in [0.3, 0.4) is 0 Å². The molecule has 3 rings (SSSR count). The van der Waals surface area contributed by atoms with Crippen LogP contribution in [0.1, 0.15) is 24.8 Å². The highest BCUT2D eigenvalue weighted by Gasteiger charge is 2.21. The number of aliphatic hydroxyl groups is 2. The lowest BCUT2D eigenvalue weighted by atomic mass is 9.97. The largest absolute Gasteiger partial charge is 0.394 e. The lowest BCUT2D eigenvalue weighted by molar-refractivity contribution is -0.115. The number of carbonyl (C=O) groups is 1. The highest BCUT2D eigenvalue weighted by atomic mass is 16.3. The third-order valence-electron chi connectivity index (χ3n) is 4.74. The number of nitrogens with zero attached hydrogens (tertiary/aromatic N) is 2. The first-order valence-electron chi connectivity index (χ1n) is 8.84. The molecular weight excluding hydrogens is 328 g/mol. The van der Waals surface area contributed by atoms with E-state index in [1.807, 2.05) is 30.3 Å². The van der Waals surface area contributed by atoms with Gasteiger partial charge in [0.1, 0.15) is 6.07 Å². The van der Waals surface area contributed by atoms with Crippen LogP contribution in [0, 0.1) is 11.3 Å². The van der Waals surface area contributed by atoms with Gasteiger partial charge >= 0.3 is 0 Å². The number of allylic oxidation sites excluding steroid dienone is 1. The Kier molecular flexibility index (Phi) is 5.67. The molecule has 5 nitrogen and oxygen atoms in total. The van der Waals surface area contributed by atoms with Gasteiger partial charge in [0, 0.05) is 24.9 Å². The first-order valence-corrected chi connectivity index (χ1v) is 8.84. The summed E-state index contributed by atoms with van der Waals surface area (Å²) in [6.07, 6.45) is 2.03. The predicted molar refractivity (Wildman–Crippen MR) is 102 cm³/mol. The summed E-state index contributed by atoms with van der Waals surface area (Å²) in [5.74, 6) is -0.317. The van der Waals surface area contributed by atoms with E-state index in [4.69, 9.17) is 5.11 Å². The molecule has 1 unspecified atom stereocenters. The van der Waals surface area contributed by atoms with Crippen LogP contribution in [-0.2, 0) is 4.79 Å². The summed E-state index contributed by atoms with van der Waals surface area (Å²) in [4.78, 5) is 14.6. The van der Waals surface area contributed by atoms with E-state index in [1.54, 1.807) is 6.08 Å². The van der Waals surface area contributed by atoms with Crippen molar-refractivity contribution >= 4 is 28.3 Å². The molecule has 0 saturated carbocycles. The maximum Gasteiger partial charge on any atom is 0.173 e. The quantitative estimate of drug-likeness (QED) is 0.592. The van der Waals surface area contributed by atoms with Crippen LogP contribution in [0.5, 0.6) is 0 Å². The molecule has 0 radical (unpaired) electrons. The fourth-order valence-electron chi connectivity index (χ4n) is 3.14. The summed E-state index contributed by atoms with van der Waals surface area (Å²) in [5, 5.41) is 29.9. The van der Waals surface area contributed by atoms with Gasteiger partial charge in [0.05, 0.1) is 24.0 Å². The van der Waals surface area contributed by atoms with E-state index in [-0.39, 0.29) is 30.8 Å². The van der Waals surface area contributed by atoms with Crippen LogP contribution in [0.25, 0.3) is 16.8 Å². The van der Waals surface area contributed by atoms with E-state index in [0.29, 0.717) is 0 Å². The molecular formula is C21H22N2O3. The van der Waals surface area contributed by atoms with Crippen LogP contribution in [0.15, 0.2) is 42.0 Å². The monoisotopic (exact) mass is 350 g/mol. The second-order valence-electron chi connectivity index (χ2n) is 6.53. The first-order chi connectivity index (χ1) is 12.6. The van der Waals surface area contributed by atoms with Gasteiger partial charge < -0.3 is 15.1 Å². The third-order valence-corrected chi connectivity index (χ3v) is 4.74. The van der Waals surface area contributed by atoms with Crippen molar-refractivity contribution in [1.82, 2.24) is 0 Å². The Balaban J connectivity index is 1.96. The van der Waals surface area contributed by atoms with Crippen molar-refractivity contribution in [3.63, 3.8) is 0 Å². The summed E-state index contributed by atoms with van der Waals surface area (Å²) >= 11 is 0. The standard InChI is InChI=1S/C21H22N2O3/c22-13-17(20(26)9-8-18(25)14-24)12-16-7-6-15-4-1-2-5-19(15)21(16)23-10-3-11-23/h1-2,4-7,12,18,24-25H,3,8-11,14H2/b17-12+. The van der Waals surface area contributed by atoms with Crippen molar-refractivity contribution < 1.29 is 15.0 Å². The van der Waals surface area contributed by atoms with Gasteiger partial charge in [0.25, 0.3) is 0 Å². The topological polar surface area (TPSA) is 84.6 Å². The number of benzene rings is 2. The van der Waals surface area contributed by atoms with Crippen molar-refractivity contribution in [2.24, 2.45) is 0 Å². The van der Waals surface area contributed by atoms with Crippen molar-refractivity contribution in [2.75, 3.05) is 24.6 Å². The molecule has 1 heterocycles. The van der Waals surface area contributed by atoms with Crippen LogP contribution < -0.4 is 4.90 Å². The number of hydrogen-bond acceptors (Lipinski definition) is 5. The summed E-state index contributed by atoms with van der Waals surface area (Å²) < 4.78 is 0.